The maximum atomic E-state index is 13.4. The summed E-state index contributed by atoms with van der Waals surface area (Å²) in [5, 5.41) is 0.981. The van der Waals surface area contributed by atoms with Gasteiger partial charge >= 0.3 is 0 Å². The highest BCUT2D eigenvalue weighted by molar-refractivity contribution is 7.25. The molecule has 7 nitrogen and oxygen atoms in total. The van der Waals surface area contributed by atoms with E-state index in [2.05, 4.69) is 26.8 Å². The third kappa shape index (κ3) is 3.56. The first-order valence-corrected chi connectivity index (χ1v) is 11.7. The van der Waals surface area contributed by atoms with Crippen LogP contribution in [0.2, 0.25) is 0 Å². The van der Waals surface area contributed by atoms with E-state index < -0.39 is 0 Å². The fraction of sp³-hybridized carbons (Fsp3) is 0.591. The van der Waals surface area contributed by atoms with E-state index in [0.29, 0.717) is 17.9 Å². The summed E-state index contributed by atoms with van der Waals surface area (Å²) in [5.74, 6) is 0.856. The molecule has 8 heteroatoms. The van der Waals surface area contributed by atoms with Crippen molar-refractivity contribution in [2.45, 2.75) is 52.4 Å². The predicted octanol–water partition coefficient (Wildman–Crippen LogP) is 1.33. The lowest BCUT2D eigenvalue weighted by molar-refractivity contribution is -0.908. The Morgan fingerprint density at radius 2 is 2.07 bits per heavy atom. The SMILES string of the molecule is CCc1nc2c(sc3nc4c(cc32)COC(C)(C)C4)c(=O)n1CC[NH+]1CCOCC1. The van der Waals surface area contributed by atoms with E-state index in [1.165, 1.54) is 16.2 Å². The lowest BCUT2D eigenvalue weighted by atomic mass is 9.95. The Kier molecular flexibility index (Phi) is 5.13. The van der Waals surface area contributed by atoms with Crippen LogP contribution in [0.5, 0.6) is 0 Å². The number of pyridine rings is 1. The second-order valence-electron chi connectivity index (χ2n) is 8.90. The molecule has 5 rings (SSSR count). The van der Waals surface area contributed by atoms with Gasteiger partial charge in [0.25, 0.3) is 5.56 Å². The molecule has 2 aliphatic rings. The smallest absolute Gasteiger partial charge is 0.271 e. The van der Waals surface area contributed by atoms with Crippen molar-refractivity contribution in [2.75, 3.05) is 32.8 Å². The van der Waals surface area contributed by atoms with Gasteiger partial charge in [-0.1, -0.05) is 6.92 Å². The lowest BCUT2D eigenvalue weighted by Crippen LogP contribution is -3.14. The second kappa shape index (κ2) is 7.67. The van der Waals surface area contributed by atoms with Crippen molar-refractivity contribution < 1.29 is 14.4 Å². The van der Waals surface area contributed by atoms with Crippen LogP contribution in [-0.2, 0) is 35.5 Å². The van der Waals surface area contributed by atoms with Crippen LogP contribution in [0.4, 0.5) is 0 Å². The van der Waals surface area contributed by atoms with Crippen molar-refractivity contribution in [2.24, 2.45) is 0 Å². The molecule has 30 heavy (non-hydrogen) atoms. The Hall–Kier alpha value is -1.87. The molecule has 0 aliphatic carbocycles. The first kappa shape index (κ1) is 20.1. The van der Waals surface area contributed by atoms with Gasteiger partial charge in [0, 0.05) is 23.8 Å². The van der Waals surface area contributed by atoms with Crippen molar-refractivity contribution in [1.29, 1.82) is 0 Å². The van der Waals surface area contributed by atoms with E-state index in [1.54, 1.807) is 0 Å². The van der Waals surface area contributed by atoms with Crippen LogP contribution in [0.1, 0.15) is 37.9 Å². The van der Waals surface area contributed by atoms with E-state index in [-0.39, 0.29) is 11.2 Å². The summed E-state index contributed by atoms with van der Waals surface area (Å²) in [6.07, 6.45) is 1.52. The number of morpholine rings is 1. The molecule has 1 fully saturated rings. The van der Waals surface area contributed by atoms with Crippen molar-refractivity contribution >= 4 is 31.8 Å². The first-order chi connectivity index (χ1) is 14.4. The minimum atomic E-state index is -0.202. The molecule has 3 aromatic rings. The summed E-state index contributed by atoms with van der Waals surface area (Å²) in [4.78, 5) is 25.7. The Bertz CT molecular complexity index is 1160. The molecule has 0 radical (unpaired) electrons. The van der Waals surface area contributed by atoms with Crippen molar-refractivity contribution in [3.05, 3.63) is 33.5 Å². The third-order valence-electron chi connectivity index (χ3n) is 6.23. The van der Waals surface area contributed by atoms with Crippen LogP contribution >= 0.6 is 11.3 Å². The highest BCUT2D eigenvalue weighted by Gasteiger charge is 2.28. The number of quaternary nitrogens is 1. The van der Waals surface area contributed by atoms with Crippen LogP contribution in [0.15, 0.2) is 10.9 Å². The van der Waals surface area contributed by atoms with Crippen molar-refractivity contribution in [3.8, 4) is 0 Å². The van der Waals surface area contributed by atoms with Crippen molar-refractivity contribution in [3.63, 3.8) is 0 Å². The van der Waals surface area contributed by atoms with Crippen LogP contribution in [0.25, 0.3) is 20.4 Å². The number of hydrogen-bond donors (Lipinski definition) is 1. The van der Waals surface area contributed by atoms with Crippen LogP contribution in [0, 0.1) is 0 Å². The van der Waals surface area contributed by atoms with E-state index in [1.807, 2.05) is 4.57 Å². The summed E-state index contributed by atoms with van der Waals surface area (Å²) < 4.78 is 14.0. The molecule has 0 amide bonds. The number of aromatic nitrogens is 3. The fourth-order valence-corrected chi connectivity index (χ4v) is 5.52. The average Bonchev–Trinajstić information content (AvgIpc) is 3.09. The van der Waals surface area contributed by atoms with Gasteiger partial charge in [0.05, 0.1) is 49.7 Å². The Morgan fingerprint density at radius 3 is 2.83 bits per heavy atom. The molecule has 1 N–H and O–H groups in total. The van der Waals surface area contributed by atoms with E-state index in [9.17, 15) is 4.79 Å². The zero-order valence-electron chi connectivity index (χ0n) is 17.9. The lowest BCUT2D eigenvalue weighted by Gasteiger charge is -2.30. The zero-order valence-corrected chi connectivity index (χ0v) is 18.7. The average molecular weight is 430 g/mol. The van der Waals surface area contributed by atoms with Crippen LogP contribution < -0.4 is 10.5 Å². The number of rotatable bonds is 4. The van der Waals surface area contributed by atoms with Gasteiger partial charge in [0.15, 0.2) is 0 Å². The minimum absolute atomic E-state index is 0.0714. The highest BCUT2D eigenvalue weighted by atomic mass is 32.1. The van der Waals surface area contributed by atoms with Crippen molar-refractivity contribution in [1.82, 2.24) is 14.5 Å². The molecule has 3 aromatic heterocycles. The number of hydrogen-bond acceptors (Lipinski definition) is 6. The van der Waals surface area contributed by atoms with Gasteiger partial charge in [-0.3, -0.25) is 9.36 Å². The van der Waals surface area contributed by atoms with Crippen LogP contribution in [-0.4, -0.2) is 53.0 Å². The van der Waals surface area contributed by atoms with Gasteiger partial charge in [0.2, 0.25) is 0 Å². The van der Waals surface area contributed by atoms with Crippen LogP contribution in [0.3, 0.4) is 0 Å². The maximum absolute atomic E-state index is 13.4. The molecule has 5 heterocycles. The standard InChI is InChI=1S/C22H28N4O3S/c1-4-17-24-18-15-11-14-13-29-22(2,3)12-16(14)23-20(15)30-19(18)21(27)26(17)6-5-25-7-9-28-10-8-25/h11H,4-10,12-13H2,1-3H3/p+1. The third-order valence-corrected chi connectivity index (χ3v) is 7.31. The number of nitrogens with one attached hydrogen (secondary N) is 1. The zero-order chi connectivity index (χ0) is 20.9. The molecular formula is C22H29N4O3S+. The van der Waals surface area contributed by atoms with Gasteiger partial charge < -0.3 is 14.4 Å². The highest BCUT2D eigenvalue weighted by Crippen LogP contribution is 2.34. The number of aryl methyl sites for hydroxylation is 1. The van der Waals surface area contributed by atoms with Gasteiger partial charge in [-0.15, -0.1) is 11.3 Å². The summed E-state index contributed by atoms with van der Waals surface area (Å²) in [7, 11) is 0. The van der Waals surface area contributed by atoms with E-state index in [4.69, 9.17) is 19.4 Å². The van der Waals surface area contributed by atoms with E-state index >= 15 is 0 Å². The topological polar surface area (TPSA) is 70.7 Å². The summed E-state index contributed by atoms with van der Waals surface area (Å²) >= 11 is 1.48. The van der Waals surface area contributed by atoms with Gasteiger partial charge in [-0.05, 0) is 19.9 Å². The maximum Gasteiger partial charge on any atom is 0.271 e. The largest absolute Gasteiger partial charge is 0.370 e. The molecule has 0 spiro atoms. The fourth-order valence-electron chi connectivity index (χ4n) is 4.46. The monoisotopic (exact) mass is 429 g/mol. The Labute approximate surface area is 179 Å². The molecule has 2 aliphatic heterocycles. The molecule has 0 saturated carbocycles. The van der Waals surface area contributed by atoms with Gasteiger partial charge in [0.1, 0.15) is 28.4 Å². The molecule has 0 bridgehead atoms. The summed E-state index contributed by atoms with van der Waals surface area (Å²) in [6.45, 7) is 12.0. The molecule has 1 saturated heterocycles. The number of nitrogens with zero attached hydrogens (tertiary/aromatic N) is 3. The Morgan fingerprint density at radius 1 is 1.27 bits per heavy atom. The molecule has 0 atom stereocenters. The second-order valence-corrected chi connectivity index (χ2v) is 9.90. The Balaban J connectivity index is 1.57. The first-order valence-electron chi connectivity index (χ1n) is 10.8. The van der Waals surface area contributed by atoms with E-state index in [0.717, 1.165) is 78.5 Å². The number of fused-ring (bicyclic) bond motifs is 4. The quantitative estimate of drug-likeness (QED) is 0.678. The number of ether oxygens (including phenoxy) is 2. The van der Waals surface area contributed by atoms with Gasteiger partial charge in [-0.25, -0.2) is 9.97 Å². The predicted molar refractivity (Wildman–Crippen MR) is 118 cm³/mol. The summed E-state index contributed by atoms with van der Waals surface area (Å²) in [5.41, 5.74) is 2.86. The molecule has 160 valence electrons. The molecule has 0 aromatic carbocycles. The van der Waals surface area contributed by atoms with Gasteiger partial charge in [-0.2, -0.15) is 0 Å². The number of thiophene rings is 1. The molecule has 0 unspecified atom stereocenters. The summed E-state index contributed by atoms with van der Waals surface area (Å²) in [6, 6.07) is 2.14. The molecular weight excluding hydrogens is 400 g/mol. The minimum Gasteiger partial charge on any atom is -0.370 e. The normalized spacial score (nSPS) is 19.4.